The maximum atomic E-state index is 12.5. The van der Waals surface area contributed by atoms with Crippen molar-refractivity contribution in [2.45, 2.75) is 26.3 Å². The third kappa shape index (κ3) is 2.29. The maximum absolute atomic E-state index is 12.5. The summed E-state index contributed by atoms with van der Waals surface area (Å²) in [6, 6.07) is 9.38. The number of aromatic nitrogens is 1. The number of carbonyl (C=O) groups excluding carboxylic acids is 2. The van der Waals surface area contributed by atoms with Crippen molar-refractivity contribution in [1.29, 1.82) is 0 Å². The second-order valence-corrected chi connectivity index (χ2v) is 6.11. The minimum Gasteiger partial charge on any atom is -0.465 e. The molecule has 1 aromatic carbocycles. The van der Waals surface area contributed by atoms with Crippen LogP contribution in [0.25, 0.3) is 11.1 Å². The van der Waals surface area contributed by atoms with Gasteiger partial charge >= 0.3 is 5.97 Å². The third-order valence-corrected chi connectivity index (χ3v) is 4.08. The average Bonchev–Trinajstić information content (AvgIpc) is 2.75. The van der Waals surface area contributed by atoms with E-state index >= 15 is 0 Å². The molecule has 23 heavy (non-hydrogen) atoms. The standard InChI is InChI=1S/C18H18N2O3/c1-10-12(17(22)23-4)13(11-8-6-5-7-9-11)14-15(19-10)18(2,3)20-16(14)21/h5-9H,1-4H3,(H,20,21). The van der Waals surface area contributed by atoms with Crippen LogP contribution in [0.2, 0.25) is 0 Å². The van der Waals surface area contributed by atoms with Crippen molar-refractivity contribution in [2.24, 2.45) is 0 Å². The number of esters is 1. The molecule has 0 atom stereocenters. The number of fused-ring (bicyclic) bond motifs is 1. The predicted molar refractivity (Wildman–Crippen MR) is 86.2 cm³/mol. The van der Waals surface area contributed by atoms with Crippen LogP contribution in [0.1, 0.15) is 46.0 Å². The Labute approximate surface area is 134 Å². The Bertz CT molecular complexity index is 811. The third-order valence-electron chi connectivity index (χ3n) is 4.08. The largest absolute Gasteiger partial charge is 0.465 e. The number of rotatable bonds is 2. The first-order chi connectivity index (χ1) is 10.9. The number of hydrogen-bond donors (Lipinski definition) is 1. The van der Waals surface area contributed by atoms with E-state index in [0.717, 1.165) is 5.56 Å². The van der Waals surface area contributed by atoms with E-state index in [2.05, 4.69) is 10.3 Å². The number of aryl methyl sites for hydroxylation is 1. The molecule has 0 unspecified atom stereocenters. The zero-order valence-electron chi connectivity index (χ0n) is 13.6. The highest BCUT2D eigenvalue weighted by Gasteiger charge is 2.41. The molecule has 1 aliphatic heterocycles. The van der Waals surface area contributed by atoms with Gasteiger partial charge in [0.05, 0.1) is 35.2 Å². The smallest absolute Gasteiger partial charge is 0.340 e. The monoisotopic (exact) mass is 310 g/mol. The van der Waals surface area contributed by atoms with Crippen LogP contribution in [0, 0.1) is 6.92 Å². The van der Waals surface area contributed by atoms with Crippen LogP contribution in [-0.2, 0) is 10.3 Å². The first-order valence-electron chi connectivity index (χ1n) is 7.38. The number of hydrogen-bond acceptors (Lipinski definition) is 4. The molecule has 2 heterocycles. The van der Waals surface area contributed by atoms with Gasteiger partial charge in [0.25, 0.3) is 5.91 Å². The van der Waals surface area contributed by atoms with Crippen LogP contribution in [0.5, 0.6) is 0 Å². The van der Waals surface area contributed by atoms with Gasteiger partial charge in [-0.25, -0.2) is 4.79 Å². The molecule has 1 aliphatic rings. The van der Waals surface area contributed by atoms with Crippen LogP contribution in [-0.4, -0.2) is 24.0 Å². The van der Waals surface area contributed by atoms with Gasteiger partial charge in [-0.2, -0.15) is 0 Å². The molecule has 2 aromatic rings. The summed E-state index contributed by atoms with van der Waals surface area (Å²) in [5.41, 5.74) is 2.81. The topological polar surface area (TPSA) is 68.3 Å². The SMILES string of the molecule is COC(=O)c1c(C)nc2c(c1-c1ccccc1)C(=O)NC2(C)C. The average molecular weight is 310 g/mol. The van der Waals surface area contributed by atoms with Crippen molar-refractivity contribution in [3.8, 4) is 11.1 Å². The molecule has 5 nitrogen and oxygen atoms in total. The van der Waals surface area contributed by atoms with Crippen molar-refractivity contribution in [3.63, 3.8) is 0 Å². The summed E-state index contributed by atoms with van der Waals surface area (Å²) in [7, 11) is 1.33. The van der Waals surface area contributed by atoms with E-state index in [9.17, 15) is 9.59 Å². The lowest BCUT2D eigenvalue weighted by Gasteiger charge is -2.20. The zero-order valence-corrected chi connectivity index (χ0v) is 13.6. The molecule has 0 spiro atoms. The Hall–Kier alpha value is -2.69. The Morgan fingerprint density at radius 1 is 1.17 bits per heavy atom. The second-order valence-electron chi connectivity index (χ2n) is 6.11. The van der Waals surface area contributed by atoms with Crippen LogP contribution >= 0.6 is 0 Å². The fraction of sp³-hybridized carbons (Fsp3) is 0.278. The number of benzene rings is 1. The summed E-state index contributed by atoms with van der Waals surface area (Å²) in [4.78, 5) is 29.4. The number of amides is 1. The molecule has 1 aromatic heterocycles. The number of nitrogens with one attached hydrogen (secondary N) is 1. The van der Waals surface area contributed by atoms with Crippen molar-refractivity contribution in [1.82, 2.24) is 10.3 Å². The Kier molecular flexibility index (Phi) is 3.43. The van der Waals surface area contributed by atoms with Gasteiger partial charge < -0.3 is 10.1 Å². The summed E-state index contributed by atoms with van der Waals surface area (Å²) in [6.07, 6.45) is 0. The molecule has 0 radical (unpaired) electrons. The highest BCUT2D eigenvalue weighted by Crippen LogP contribution is 2.39. The van der Waals surface area contributed by atoms with E-state index in [-0.39, 0.29) is 5.91 Å². The molecule has 0 bridgehead atoms. The van der Waals surface area contributed by atoms with Crippen molar-refractivity contribution in [3.05, 3.63) is 52.8 Å². The Balaban J connectivity index is 2.44. The summed E-state index contributed by atoms with van der Waals surface area (Å²) < 4.78 is 4.92. The molecule has 1 N–H and O–H groups in total. The lowest BCUT2D eigenvalue weighted by molar-refractivity contribution is 0.0600. The van der Waals surface area contributed by atoms with Crippen molar-refractivity contribution >= 4 is 11.9 Å². The van der Waals surface area contributed by atoms with Crippen LogP contribution in [0.4, 0.5) is 0 Å². The predicted octanol–water partition coefficient (Wildman–Crippen LogP) is 2.82. The summed E-state index contributed by atoms with van der Waals surface area (Å²) in [6.45, 7) is 5.56. The van der Waals surface area contributed by atoms with Gasteiger partial charge in [-0.05, 0) is 26.3 Å². The van der Waals surface area contributed by atoms with Gasteiger partial charge in [-0.1, -0.05) is 30.3 Å². The van der Waals surface area contributed by atoms with E-state index in [4.69, 9.17) is 4.74 Å². The molecule has 5 heteroatoms. The Morgan fingerprint density at radius 2 is 1.83 bits per heavy atom. The molecule has 0 aliphatic carbocycles. The van der Waals surface area contributed by atoms with Crippen LogP contribution < -0.4 is 5.32 Å². The minimum atomic E-state index is -0.574. The van der Waals surface area contributed by atoms with Crippen LogP contribution in [0.15, 0.2) is 30.3 Å². The number of methoxy groups -OCH3 is 1. The minimum absolute atomic E-state index is 0.221. The maximum Gasteiger partial charge on any atom is 0.340 e. The molecular weight excluding hydrogens is 292 g/mol. The van der Waals surface area contributed by atoms with E-state index in [1.165, 1.54) is 7.11 Å². The van der Waals surface area contributed by atoms with E-state index in [1.807, 2.05) is 44.2 Å². The highest BCUT2D eigenvalue weighted by molar-refractivity contribution is 6.10. The van der Waals surface area contributed by atoms with Crippen molar-refractivity contribution in [2.75, 3.05) is 7.11 Å². The molecule has 3 rings (SSSR count). The van der Waals surface area contributed by atoms with E-state index < -0.39 is 11.5 Å². The lowest BCUT2D eigenvalue weighted by Crippen LogP contribution is -2.33. The summed E-state index contributed by atoms with van der Waals surface area (Å²) in [5.74, 6) is -0.712. The first-order valence-corrected chi connectivity index (χ1v) is 7.38. The summed E-state index contributed by atoms with van der Waals surface area (Å²) in [5, 5.41) is 2.93. The molecule has 0 saturated heterocycles. The fourth-order valence-corrected chi connectivity index (χ4v) is 3.03. The van der Waals surface area contributed by atoms with Crippen molar-refractivity contribution < 1.29 is 14.3 Å². The fourth-order valence-electron chi connectivity index (χ4n) is 3.03. The first kappa shape index (κ1) is 15.2. The van der Waals surface area contributed by atoms with Gasteiger partial charge in [0, 0.05) is 5.56 Å². The van der Waals surface area contributed by atoms with Gasteiger partial charge in [-0.15, -0.1) is 0 Å². The number of ether oxygens (including phenoxy) is 1. The molecule has 0 fully saturated rings. The van der Waals surface area contributed by atoms with Gasteiger partial charge in [0.2, 0.25) is 0 Å². The van der Waals surface area contributed by atoms with E-state index in [1.54, 1.807) is 6.92 Å². The second kappa shape index (κ2) is 5.19. The quantitative estimate of drug-likeness (QED) is 0.866. The van der Waals surface area contributed by atoms with Gasteiger partial charge in [0.1, 0.15) is 0 Å². The zero-order chi connectivity index (χ0) is 16.8. The number of nitrogens with zero attached hydrogens (tertiary/aromatic N) is 1. The normalized spacial score (nSPS) is 15.0. The summed E-state index contributed by atoms with van der Waals surface area (Å²) >= 11 is 0. The van der Waals surface area contributed by atoms with Gasteiger partial charge in [0.15, 0.2) is 0 Å². The molecule has 118 valence electrons. The molecule has 1 amide bonds. The number of pyridine rings is 1. The number of carbonyl (C=O) groups is 2. The van der Waals surface area contributed by atoms with E-state index in [0.29, 0.717) is 28.1 Å². The molecular formula is C18H18N2O3. The Morgan fingerprint density at radius 3 is 2.43 bits per heavy atom. The molecule has 0 saturated carbocycles. The highest BCUT2D eigenvalue weighted by atomic mass is 16.5. The van der Waals surface area contributed by atoms with Gasteiger partial charge in [-0.3, -0.25) is 9.78 Å². The van der Waals surface area contributed by atoms with Crippen LogP contribution in [0.3, 0.4) is 0 Å². The lowest BCUT2D eigenvalue weighted by atomic mass is 9.90.